The van der Waals surface area contributed by atoms with E-state index in [1.54, 1.807) is 47.4 Å². The van der Waals surface area contributed by atoms with E-state index in [9.17, 15) is 18.0 Å². The quantitative estimate of drug-likeness (QED) is 0.236. The molecule has 5 rings (SSSR count). The number of nitrogens with two attached hydrogens (primary N) is 1. The van der Waals surface area contributed by atoms with Gasteiger partial charge in [-0.3, -0.25) is 15.0 Å². The summed E-state index contributed by atoms with van der Waals surface area (Å²) in [5.41, 5.74) is 6.98. The van der Waals surface area contributed by atoms with Crippen LogP contribution in [0.2, 0.25) is 0 Å². The van der Waals surface area contributed by atoms with Crippen molar-refractivity contribution >= 4 is 38.4 Å². The Labute approximate surface area is 251 Å². The number of amides is 2. The Morgan fingerprint density at radius 2 is 1.63 bits per heavy atom. The minimum absolute atomic E-state index is 0.0207. The van der Waals surface area contributed by atoms with Crippen LogP contribution < -0.4 is 19.9 Å². The molecule has 2 aliphatic rings. The number of piperidine rings is 1. The number of hydrogen-bond donors (Lipinski definition) is 3. The molecule has 4 N–H and O–H groups in total. The molecule has 0 saturated carbocycles. The Kier molecular flexibility index (Phi) is 8.88. The number of nitrogens with one attached hydrogen (secondary N) is 2. The van der Waals surface area contributed by atoms with Gasteiger partial charge in [0, 0.05) is 31.6 Å². The van der Waals surface area contributed by atoms with Gasteiger partial charge in [-0.25, -0.2) is 8.42 Å². The van der Waals surface area contributed by atoms with E-state index >= 15 is 0 Å². The molecule has 2 unspecified atom stereocenters. The number of carbonyl (C=O) groups excluding carboxylic acids is 2. The van der Waals surface area contributed by atoms with E-state index in [-0.39, 0.29) is 23.1 Å². The molecule has 2 saturated heterocycles. The van der Waals surface area contributed by atoms with Crippen molar-refractivity contribution in [1.82, 2.24) is 14.5 Å². The Bertz CT molecular complexity index is 1640. The first-order chi connectivity index (χ1) is 20.6. The third kappa shape index (κ3) is 6.45. The first kappa shape index (κ1) is 30.3. The molecule has 2 heterocycles. The molecule has 3 aromatic carbocycles. The second-order valence-corrected chi connectivity index (χ2v) is 12.6. The van der Waals surface area contributed by atoms with Crippen LogP contribution in [0.4, 0.5) is 0 Å². The predicted molar refractivity (Wildman–Crippen MR) is 163 cm³/mol. The lowest BCUT2D eigenvalue weighted by Crippen LogP contribution is -2.59. The molecule has 0 bridgehead atoms. The number of nitrogen functional groups attached to an aromatic ring is 1. The highest BCUT2D eigenvalue weighted by Gasteiger charge is 2.40. The van der Waals surface area contributed by atoms with Gasteiger partial charge in [0.1, 0.15) is 17.9 Å². The van der Waals surface area contributed by atoms with Crippen LogP contribution in [0.1, 0.15) is 36.8 Å². The summed E-state index contributed by atoms with van der Waals surface area (Å²) in [6.07, 6.45) is 2.96. The smallest absolute Gasteiger partial charge is 0.245 e. The first-order valence-corrected chi connectivity index (χ1v) is 15.8. The van der Waals surface area contributed by atoms with Crippen molar-refractivity contribution in [2.24, 2.45) is 5.73 Å². The van der Waals surface area contributed by atoms with Crippen molar-refractivity contribution < 1.29 is 27.5 Å². The molecule has 12 heteroatoms. The summed E-state index contributed by atoms with van der Waals surface area (Å²) in [4.78, 5) is 30.9. The molecule has 228 valence electrons. The molecule has 43 heavy (non-hydrogen) atoms. The third-order valence-corrected chi connectivity index (χ3v) is 9.64. The number of fused-ring (bicyclic) bond motifs is 1. The maximum atomic E-state index is 13.8. The van der Waals surface area contributed by atoms with Gasteiger partial charge in [0.2, 0.25) is 21.8 Å². The third-order valence-electron chi connectivity index (χ3n) is 8.17. The topological polar surface area (TPSA) is 155 Å². The van der Waals surface area contributed by atoms with Gasteiger partial charge in [0.05, 0.1) is 19.1 Å². The fourth-order valence-electron chi connectivity index (χ4n) is 5.82. The standard InChI is InChI=1S/C31H37N5O6S/c1-41-27-18-22-11-12-24(17-23(22)19-28(27)42-2)43(39,40)34-25-6-5-15-36(30(25)37)26(31(38)35-13-3-4-14-35)16-20-7-9-21(10-8-20)29(32)33/h7-12,17-19,25-26,34H,3-6,13-16H2,1-2H3,(H3,32,33). The van der Waals surface area contributed by atoms with Gasteiger partial charge in [-0.1, -0.05) is 30.3 Å². The van der Waals surface area contributed by atoms with Gasteiger partial charge < -0.3 is 25.0 Å². The molecule has 0 aliphatic carbocycles. The fraction of sp³-hybridized carbons (Fsp3) is 0.387. The molecular formula is C31H37N5O6S. The van der Waals surface area contributed by atoms with Gasteiger partial charge in [-0.15, -0.1) is 0 Å². The molecule has 3 aromatic rings. The van der Waals surface area contributed by atoms with E-state index in [4.69, 9.17) is 20.6 Å². The number of sulfonamides is 1. The zero-order chi connectivity index (χ0) is 30.7. The molecule has 0 radical (unpaired) electrons. The van der Waals surface area contributed by atoms with E-state index < -0.39 is 28.0 Å². The summed E-state index contributed by atoms with van der Waals surface area (Å²) in [6.45, 7) is 1.62. The van der Waals surface area contributed by atoms with Crippen LogP contribution >= 0.6 is 0 Å². The van der Waals surface area contributed by atoms with Crippen molar-refractivity contribution in [3.63, 3.8) is 0 Å². The second kappa shape index (κ2) is 12.6. The average molecular weight is 608 g/mol. The number of ether oxygens (including phenoxy) is 2. The van der Waals surface area contributed by atoms with Crippen LogP contribution in [-0.2, 0) is 26.0 Å². The van der Waals surface area contributed by atoms with Gasteiger partial charge >= 0.3 is 0 Å². The van der Waals surface area contributed by atoms with E-state index in [1.807, 2.05) is 0 Å². The van der Waals surface area contributed by atoms with Crippen LogP contribution in [0.3, 0.4) is 0 Å². The molecule has 2 aliphatic heterocycles. The summed E-state index contributed by atoms with van der Waals surface area (Å²) < 4.78 is 40.4. The Morgan fingerprint density at radius 1 is 0.977 bits per heavy atom. The lowest BCUT2D eigenvalue weighted by molar-refractivity contribution is -0.148. The van der Waals surface area contributed by atoms with Crippen molar-refractivity contribution in [3.05, 3.63) is 65.7 Å². The van der Waals surface area contributed by atoms with Crippen LogP contribution in [0.25, 0.3) is 10.8 Å². The molecule has 0 aromatic heterocycles. The lowest BCUT2D eigenvalue weighted by Gasteiger charge is -2.39. The Hall–Kier alpha value is -4.16. The van der Waals surface area contributed by atoms with E-state index in [2.05, 4.69) is 4.72 Å². The average Bonchev–Trinajstić information content (AvgIpc) is 3.55. The first-order valence-electron chi connectivity index (χ1n) is 14.3. The second-order valence-electron chi connectivity index (χ2n) is 10.9. The lowest BCUT2D eigenvalue weighted by atomic mass is 9.97. The molecule has 2 fully saturated rings. The van der Waals surface area contributed by atoms with Gasteiger partial charge in [-0.2, -0.15) is 4.72 Å². The van der Waals surface area contributed by atoms with Gasteiger partial charge in [-0.05, 0) is 66.3 Å². The Balaban J connectivity index is 1.39. The van der Waals surface area contributed by atoms with Crippen molar-refractivity contribution in [1.29, 1.82) is 5.41 Å². The van der Waals surface area contributed by atoms with Gasteiger partial charge in [0.25, 0.3) is 0 Å². The summed E-state index contributed by atoms with van der Waals surface area (Å²) >= 11 is 0. The highest BCUT2D eigenvalue weighted by atomic mass is 32.2. The number of nitrogens with zero attached hydrogens (tertiary/aromatic N) is 2. The number of methoxy groups -OCH3 is 2. The molecular weight excluding hydrogens is 570 g/mol. The van der Waals surface area contributed by atoms with E-state index in [0.717, 1.165) is 23.8 Å². The maximum absolute atomic E-state index is 13.8. The summed E-state index contributed by atoms with van der Waals surface area (Å²) in [5.74, 6) is 0.399. The van der Waals surface area contributed by atoms with E-state index in [1.165, 1.54) is 31.3 Å². The number of likely N-dealkylation sites (tertiary alicyclic amines) is 2. The SMILES string of the molecule is COc1cc2ccc(S(=O)(=O)NC3CCCN(C(Cc4ccc(C(=N)N)cc4)C(=O)N4CCCC4)C3=O)cc2cc1OC. The monoisotopic (exact) mass is 607 g/mol. The van der Waals surface area contributed by atoms with Crippen LogP contribution in [-0.4, -0.2) is 81.8 Å². The normalized spacial score (nSPS) is 18.1. The number of benzene rings is 3. The fourth-order valence-corrected chi connectivity index (χ4v) is 7.08. The van der Waals surface area contributed by atoms with Crippen LogP contribution in [0.5, 0.6) is 11.5 Å². The molecule has 0 spiro atoms. The zero-order valence-corrected chi connectivity index (χ0v) is 25.2. The molecule has 2 atom stereocenters. The molecule has 11 nitrogen and oxygen atoms in total. The molecule has 2 amide bonds. The van der Waals surface area contributed by atoms with E-state index in [0.29, 0.717) is 54.9 Å². The number of rotatable bonds is 10. The number of hydrogen-bond acceptors (Lipinski definition) is 7. The minimum atomic E-state index is -4.07. The summed E-state index contributed by atoms with van der Waals surface area (Å²) in [6, 6.07) is 13.5. The largest absolute Gasteiger partial charge is 0.493 e. The highest BCUT2D eigenvalue weighted by Crippen LogP contribution is 2.33. The minimum Gasteiger partial charge on any atom is -0.493 e. The van der Waals surface area contributed by atoms with Crippen molar-refractivity contribution in [2.45, 2.75) is 49.1 Å². The summed E-state index contributed by atoms with van der Waals surface area (Å²) in [5, 5.41) is 9.06. The maximum Gasteiger partial charge on any atom is 0.245 e. The zero-order valence-electron chi connectivity index (χ0n) is 24.3. The van der Waals surface area contributed by atoms with Crippen molar-refractivity contribution in [2.75, 3.05) is 33.9 Å². The Morgan fingerprint density at radius 3 is 2.26 bits per heavy atom. The summed E-state index contributed by atoms with van der Waals surface area (Å²) in [7, 11) is -1.03. The number of amidine groups is 1. The van der Waals surface area contributed by atoms with Crippen LogP contribution in [0.15, 0.2) is 59.5 Å². The van der Waals surface area contributed by atoms with Crippen molar-refractivity contribution in [3.8, 4) is 11.5 Å². The van der Waals surface area contributed by atoms with Gasteiger partial charge in [0.15, 0.2) is 11.5 Å². The van der Waals surface area contributed by atoms with Crippen LogP contribution in [0, 0.1) is 5.41 Å². The number of carbonyl (C=O) groups is 2. The highest BCUT2D eigenvalue weighted by molar-refractivity contribution is 7.89. The predicted octanol–water partition coefficient (Wildman–Crippen LogP) is 2.64.